The van der Waals surface area contributed by atoms with Crippen molar-refractivity contribution in [1.29, 1.82) is 0 Å². The molecule has 0 radical (unpaired) electrons. The fraction of sp³-hybridized carbons (Fsp3) is 0.100. The van der Waals surface area contributed by atoms with Crippen LogP contribution < -0.4 is 0 Å². The van der Waals surface area contributed by atoms with Gasteiger partial charge in [0.25, 0.3) is 10.1 Å². The second-order valence-corrected chi connectivity index (χ2v) is 6.11. The van der Waals surface area contributed by atoms with Crippen LogP contribution in [-0.4, -0.2) is 18.1 Å². The summed E-state index contributed by atoms with van der Waals surface area (Å²) in [5.41, 5.74) is 0.987. The first-order valence-electron chi connectivity index (χ1n) is 4.61. The maximum Gasteiger partial charge on any atom is 0.270 e. The van der Waals surface area contributed by atoms with Gasteiger partial charge in [0.1, 0.15) is 11.4 Å². The third kappa shape index (κ3) is 3.51. The lowest BCUT2D eigenvalue weighted by molar-refractivity contribution is 0.423. The number of halogens is 1. The van der Waals surface area contributed by atoms with E-state index in [1.54, 1.807) is 0 Å². The summed E-state index contributed by atoms with van der Waals surface area (Å²) in [6, 6.07) is 9.00. The molecule has 1 heterocycles. The molecule has 2 aromatic rings. The molecule has 0 unspecified atom stereocenters. The summed E-state index contributed by atoms with van der Waals surface area (Å²) >= 11 is 2.18. The zero-order valence-electron chi connectivity index (χ0n) is 8.50. The predicted octanol–water partition coefficient (Wildman–Crippen LogP) is 2.33. The molecule has 0 fully saturated rings. The highest BCUT2D eigenvalue weighted by molar-refractivity contribution is 14.1. The van der Waals surface area contributed by atoms with Gasteiger partial charge in [0, 0.05) is 15.2 Å². The van der Waals surface area contributed by atoms with Gasteiger partial charge in [0.15, 0.2) is 5.76 Å². The first-order valence-corrected chi connectivity index (χ1v) is 7.29. The van der Waals surface area contributed by atoms with E-state index < -0.39 is 15.9 Å². The Labute approximate surface area is 112 Å². The number of aromatic nitrogens is 1. The number of rotatable bonds is 3. The van der Waals surface area contributed by atoms with Crippen molar-refractivity contribution in [3.05, 3.63) is 39.6 Å². The topological polar surface area (TPSA) is 80.4 Å². The molecule has 5 nitrogen and oxygen atoms in total. The maximum absolute atomic E-state index is 10.7. The fourth-order valence-electron chi connectivity index (χ4n) is 1.32. The quantitative estimate of drug-likeness (QED) is 0.667. The summed E-state index contributed by atoms with van der Waals surface area (Å²) in [5.74, 6) is -0.0685. The van der Waals surface area contributed by atoms with Crippen molar-refractivity contribution < 1.29 is 17.5 Å². The normalized spacial score (nSPS) is 11.6. The van der Waals surface area contributed by atoms with E-state index in [0.717, 1.165) is 9.13 Å². The molecule has 1 aromatic carbocycles. The third-order valence-corrected chi connectivity index (χ3v) is 3.40. The van der Waals surface area contributed by atoms with E-state index in [0.29, 0.717) is 5.76 Å². The van der Waals surface area contributed by atoms with Gasteiger partial charge in [-0.25, -0.2) is 0 Å². The van der Waals surface area contributed by atoms with E-state index >= 15 is 0 Å². The lowest BCUT2D eigenvalue weighted by atomic mass is 10.2. The number of benzene rings is 1. The Kier molecular flexibility index (Phi) is 3.50. The van der Waals surface area contributed by atoms with Gasteiger partial charge < -0.3 is 4.52 Å². The summed E-state index contributed by atoms with van der Waals surface area (Å²) in [7, 11) is -4.08. The van der Waals surface area contributed by atoms with Crippen molar-refractivity contribution in [2.75, 3.05) is 0 Å². The standard InChI is InChI=1S/C10H8INO4S/c11-8-3-1-7(2-4-8)10-5-9(12-16-10)6-17(13,14)15/h1-5H,6H2,(H,13,14,15). The molecule has 0 aliphatic heterocycles. The van der Waals surface area contributed by atoms with Crippen LogP contribution in [0.5, 0.6) is 0 Å². The highest BCUT2D eigenvalue weighted by Crippen LogP contribution is 2.21. The van der Waals surface area contributed by atoms with Crippen LogP contribution in [0, 0.1) is 3.57 Å². The number of nitrogens with zero attached hydrogens (tertiary/aromatic N) is 1. The molecule has 1 N–H and O–H groups in total. The number of hydrogen-bond donors (Lipinski definition) is 1. The van der Waals surface area contributed by atoms with Crippen LogP contribution in [0.25, 0.3) is 11.3 Å². The van der Waals surface area contributed by atoms with Crippen molar-refractivity contribution in [3.8, 4) is 11.3 Å². The van der Waals surface area contributed by atoms with Crippen molar-refractivity contribution in [1.82, 2.24) is 5.16 Å². The Morgan fingerprint density at radius 2 is 1.94 bits per heavy atom. The van der Waals surface area contributed by atoms with Crippen LogP contribution in [0.1, 0.15) is 5.69 Å². The minimum absolute atomic E-state index is 0.182. The van der Waals surface area contributed by atoms with Crippen molar-refractivity contribution >= 4 is 32.7 Å². The molecule has 0 spiro atoms. The molecule has 0 saturated heterocycles. The van der Waals surface area contributed by atoms with Crippen molar-refractivity contribution in [2.24, 2.45) is 0 Å². The van der Waals surface area contributed by atoms with Crippen LogP contribution in [0.3, 0.4) is 0 Å². The largest absolute Gasteiger partial charge is 0.356 e. The van der Waals surface area contributed by atoms with Crippen LogP contribution in [-0.2, 0) is 15.9 Å². The van der Waals surface area contributed by atoms with Crippen LogP contribution >= 0.6 is 22.6 Å². The molecular formula is C10H8INO4S. The molecule has 0 atom stereocenters. The zero-order chi connectivity index (χ0) is 12.5. The van der Waals surface area contributed by atoms with Gasteiger partial charge in [-0.15, -0.1) is 0 Å². The van der Waals surface area contributed by atoms with E-state index in [4.69, 9.17) is 9.08 Å². The van der Waals surface area contributed by atoms with E-state index in [2.05, 4.69) is 27.7 Å². The number of hydrogen-bond acceptors (Lipinski definition) is 4. The molecule has 17 heavy (non-hydrogen) atoms. The van der Waals surface area contributed by atoms with Crippen molar-refractivity contribution in [2.45, 2.75) is 5.75 Å². The van der Waals surface area contributed by atoms with Crippen LogP contribution in [0.15, 0.2) is 34.9 Å². The molecule has 7 heteroatoms. The summed E-state index contributed by atoms with van der Waals surface area (Å²) < 4.78 is 36.1. The minimum atomic E-state index is -4.08. The molecule has 0 amide bonds. The van der Waals surface area contributed by atoms with E-state index in [1.807, 2.05) is 24.3 Å². The summed E-state index contributed by atoms with van der Waals surface area (Å²) in [5, 5.41) is 3.58. The third-order valence-electron chi connectivity index (χ3n) is 2.02. The van der Waals surface area contributed by atoms with Crippen LogP contribution in [0.4, 0.5) is 0 Å². The molecule has 0 aliphatic rings. The van der Waals surface area contributed by atoms with E-state index in [9.17, 15) is 8.42 Å². The Balaban J connectivity index is 2.27. The van der Waals surface area contributed by atoms with Gasteiger partial charge in [-0.05, 0) is 34.7 Å². The Morgan fingerprint density at radius 1 is 1.29 bits per heavy atom. The Bertz CT molecular complexity index is 618. The summed E-state index contributed by atoms with van der Waals surface area (Å²) in [6.45, 7) is 0. The molecule has 2 rings (SSSR count). The van der Waals surface area contributed by atoms with Gasteiger partial charge in [-0.2, -0.15) is 8.42 Å². The van der Waals surface area contributed by atoms with Gasteiger partial charge in [-0.3, -0.25) is 4.55 Å². The lowest BCUT2D eigenvalue weighted by Crippen LogP contribution is -2.01. The Morgan fingerprint density at radius 3 is 2.53 bits per heavy atom. The first-order chi connectivity index (χ1) is 7.94. The van der Waals surface area contributed by atoms with Gasteiger partial charge in [0.2, 0.25) is 0 Å². The first kappa shape index (κ1) is 12.5. The van der Waals surface area contributed by atoms with Gasteiger partial charge >= 0.3 is 0 Å². The fourth-order valence-corrected chi connectivity index (χ4v) is 2.19. The average Bonchev–Trinajstić information content (AvgIpc) is 2.64. The van der Waals surface area contributed by atoms with Crippen molar-refractivity contribution in [3.63, 3.8) is 0 Å². The lowest BCUT2D eigenvalue weighted by Gasteiger charge is -1.94. The maximum atomic E-state index is 10.7. The van der Waals surface area contributed by atoms with E-state index in [-0.39, 0.29) is 5.69 Å². The summed E-state index contributed by atoms with van der Waals surface area (Å²) in [4.78, 5) is 0. The monoisotopic (exact) mass is 365 g/mol. The zero-order valence-corrected chi connectivity index (χ0v) is 11.5. The molecule has 0 saturated carbocycles. The van der Waals surface area contributed by atoms with Crippen LogP contribution in [0.2, 0.25) is 0 Å². The molecule has 90 valence electrons. The summed E-state index contributed by atoms with van der Waals surface area (Å²) in [6.07, 6.45) is 0. The second-order valence-electron chi connectivity index (χ2n) is 3.42. The SMILES string of the molecule is O=S(=O)(O)Cc1cc(-c2ccc(I)cc2)on1. The average molecular weight is 365 g/mol. The highest BCUT2D eigenvalue weighted by Gasteiger charge is 2.12. The van der Waals surface area contributed by atoms with Gasteiger partial charge in [0.05, 0.1) is 0 Å². The second kappa shape index (κ2) is 4.75. The molecule has 1 aromatic heterocycles. The highest BCUT2D eigenvalue weighted by atomic mass is 127. The van der Waals surface area contributed by atoms with E-state index in [1.165, 1.54) is 6.07 Å². The van der Waals surface area contributed by atoms with Gasteiger partial charge in [-0.1, -0.05) is 17.3 Å². The molecule has 0 aliphatic carbocycles. The Hall–Kier alpha value is -0.930. The predicted molar refractivity (Wildman–Crippen MR) is 69.9 cm³/mol. The molecular weight excluding hydrogens is 357 g/mol. The molecule has 0 bridgehead atoms. The smallest absolute Gasteiger partial charge is 0.270 e. The minimum Gasteiger partial charge on any atom is -0.356 e.